The highest BCUT2D eigenvalue weighted by molar-refractivity contribution is 9.10. The Kier molecular flexibility index (Phi) is 4.40. The van der Waals surface area contributed by atoms with E-state index < -0.39 is 0 Å². The van der Waals surface area contributed by atoms with Crippen molar-refractivity contribution >= 4 is 49.9 Å². The normalized spacial score (nSPS) is 11.3. The van der Waals surface area contributed by atoms with Gasteiger partial charge in [-0.1, -0.05) is 46.3 Å². The van der Waals surface area contributed by atoms with E-state index in [9.17, 15) is 5.11 Å². The fourth-order valence-electron chi connectivity index (χ4n) is 2.42. The maximum Gasteiger partial charge on any atom is 0.221 e. The number of benzene rings is 2. The largest absolute Gasteiger partial charge is 0.493 e. The fourth-order valence-corrected chi connectivity index (χ4v) is 2.82. The van der Waals surface area contributed by atoms with Crippen molar-refractivity contribution < 1.29 is 5.11 Å². The van der Waals surface area contributed by atoms with Crippen LogP contribution in [-0.2, 0) is 6.54 Å². The van der Waals surface area contributed by atoms with Crippen LogP contribution in [0.15, 0.2) is 63.2 Å². The number of aromatic nitrogens is 1. The molecule has 7 heteroatoms. The molecular weight excluding hydrogens is 376 g/mol. The molecule has 1 heterocycles. The van der Waals surface area contributed by atoms with Gasteiger partial charge in [0.25, 0.3) is 0 Å². The lowest BCUT2D eigenvalue weighted by Gasteiger charge is -2.07. The summed E-state index contributed by atoms with van der Waals surface area (Å²) in [5, 5.41) is 19.0. The van der Waals surface area contributed by atoms with Crippen LogP contribution in [0.3, 0.4) is 0 Å². The summed E-state index contributed by atoms with van der Waals surface area (Å²) in [5.41, 5.74) is 7.64. The Bertz CT molecular complexity index is 905. The van der Waals surface area contributed by atoms with Crippen molar-refractivity contribution in [3.05, 3.63) is 58.6 Å². The number of thiocarbonyl (C=S) groups is 1. The highest BCUT2D eigenvalue weighted by Gasteiger charge is 2.17. The third-order valence-electron chi connectivity index (χ3n) is 3.40. The summed E-state index contributed by atoms with van der Waals surface area (Å²) in [6, 6.07) is 15.6. The minimum Gasteiger partial charge on any atom is -0.493 e. The van der Waals surface area contributed by atoms with Gasteiger partial charge in [0.1, 0.15) is 0 Å². The molecule has 0 aliphatic carbocycles. The van der Waals surface area contributed by atoms with Crippen LogP contribution in [0.1, 0.15) is 5.56 Å². The quantitative estimate of drug-likeness (QED) is 0.512. The van der Waals surface area contributed by atoms with Crippen molar-refractivity contribution in [1.82, 2.24) is 4.57 Å². The van der Waals surface area contributed by atoms with Crippen LogP contribution in [0.2, 0.25) is 0 Å². The van der Waals surface area contributed by atoms with Gasteiger partial charge in [-0.15, -0.1) is 10.2 Å². The number of azo groups is 1. The van der Waals surface area contributed by atoms with E-state index in [4.69, 9.17) is 18.0 Å². The van der Waals surface area contributed by atoms with Crippen LogP contribution in [0, 0.1) is 0 Å². The molecule has 3 rings (SSSR count). The summed E-state index contributed by atoms with van der Waals surface area (Å²) < 4.78 is 2.67. The molecule has 0 saturated carbocycles. The number of aromatic hydroxyl groups is 1. The molecule has 116 valence electrons. The van der Waals surface area contributed by atoms with E-state index in [-0.39, 0.29) is 11.0 Å². The molecule has 0 aliphatic rings. The number of nitrogens with zero attached hydrogens (tertiary/aromatic N) is 3. The zero-order valence-corrected chi connectivity index (χ0v) is 14.4. The van der Waals surface area contributed by atoms with E-state index in [1.807, 2.05) is 48.5 Å². The van der Waals surface area contributed by atoms with Crippen molar-refractivity contribution in [1.29, 1.82) is 0 Å². The van der Waals surface area contributed by atoms with Gasteiger partial charge in [-0.3, -0.25) is 0 Å². The maximum atomic E-state index is 10.6. The van der Waals surface area contributed by atoms with Crippen molar-refractivity contribution in [3.8, 4) is 5.88 Å². The molecule has 0 bridgehead atoms. The van der Waals surface area contributed by atoms with E-state index in [0.717, 1.165) is 20.9 Å². The van der Waals surface area contributed by atoms with Crippen molar-refractivity contribution in [3.63, 3.8) is 0 Å². The minimum absolute atomic E-state index is 0.0296. The molecular formula is C16H13BrN4OS. The number of rotatable bonds is 3. The summed E-state index contributed by atoms with van der Waals surface area (Å²) in [7, 11) is 0. The molecule has 2 aromatic carbocycles. The SMILES string of the molecule is NC(=S)N=Nc1c(O)n(Cc2ccccc2)c2ccc(Br)cc12. The summed E-state index contributed by atoms with van der Waals surface area (Å²) in [5.74, 6) is 0.0296. The van der Waals surface area contributed by atoms with E-state index >= 15 is 0 Å². The molecule has 0 radical (unpaired) electrons. The lowest BCUT2D eigenvalue weighted by Crippen LogP contribution is -2.01. The van der Waals surface area contributed by atoms with Crippen molar-refractivity contribution in [2.24, 2.45) is 16.0 Å². The predicted octanol–water partition coefficient (Wildman–Crippen LogP) is 4.49. The predicted molar refractivity (Wildman–Crippen MR) is 98.1 cm³/mol. The average molecular weight is 389 g/mol. The first-order valence-electron chi connectivity index (χ1n) is 6.82. The topological polar surface area (TPSA) is 75.9 Å². The molecule has 1 aromatic heterocycles. The Morgan fingerprint density at radius 2 is 1.96 bits per heavy atom. The fraction of sp³-hybridized carbons (Fsp3) is 0.0625. The third-order valence-corrected chi connectivity index (χ3v) is 3.98. The summed E-state index contributed by atoms with van der Waals surface area (Å²) in [6.07, 6.45) is 0. The molecule has 0 spiro atoms. The van der Waals surface area contributed by atoms with E-state index in [1.165, 1.54) is 0 Å². The van der Waals surface area contributed by atoms with Gasteiger partial charge in [-0.2, -0.15) is 0 Å². The summed E-state index contributed by atoms with van der Waals surface area (Å²) >= 11 is 8.15. The molecule has 5 nitrogen and oxygen atoms in total. The maximum absolute atomic E-state index is 10.6. The molecule has 0 amide bonds. The first kappa shape index (κ1) is 15.6. The van der Waals surface area contributed by atoms with Gasteiger partial charge in [0.05, 0.1) is 12.1 Å². The Balaban J connectivity index is 2.17. The Hall–Kier alpha value is -2.25. The Morgan fingerprint density at radius 1 is 1.22 bits per heavy atom. The van der Waals surface area contributed by atoms with Crippen LogP contribution >= 0.6 is 28.1 Å². The van der Waals surface area contributed by atoms with Gasteiger partial charge in [-0.25, -0.2) is 0 Å². The van der Waals surface area contributed by atoms with Crippen LogP contribution in [0.5, 0.6) is 5.88 Å². The van der Waals surface area contributed by atoms with E-state index in [2.05, 4.69) is 26.2 Å². The summed E-state index contributed by atoms with van der Waals surface area (Å²) in [4.78, 5) is 0. The van der Waals surface area contributed by atoms with Gasteiger partial charge in [-0.05, 0) is 36.0 Å². The van der Waals surface area contributed by atoms with E-state index in [1.54, 1.807) is 4.57 Å². The number of hydrogen-bond acceptors (Lipinski definition) is 3. The van der Waals surface area contributed by atoms with Gasteiger partial charge >= 0.3 is 0 Å². The minimum atomic E-state index is -0.0802. The van der Waals surface area contributed by atoms with Gasteiger partial charge in [0.2, 0.25) is 11.0 Å². The second kappa shape index (κ2) is 6.47. The Morgan fingerprint density at radius 3 is 2.65 bits per heavy atom. The van der Waals surface area contributed by atoms with Crippen LogP contribution in [-0.4, -0.2) is 14.8 Å². The second-order valence-electron chi connectivity index (χ2n) is 4.94. The highest BCUT2D eigenvalue weighted by Crippen LogP contribution is 2.40. The first-order valence-corrected chi connectivity index (χ1v) is 8.02. The molecule has 3 aromatic rings. The monoisotopic (exact) mass is 388 g/mol. The number of nitrogens with two attached hydrogens (primary N) is 1. The molecule has 0 saturated heterocycles. The zero-order valence-electron chi connectivity index (χ0n) is 12.0. The standard InChI is InChI=1S/C16H13BrN4OS/c17-11-6-7-13-12(8-11)14(19-20-16(18)23)15(22)21(13)9-10-4-2-1-3-5-10/h1-8,22H,9H2,(H2,18,23). The first-order chi connectivity index (χ1) is 11.1. The van der Waals surface area contributed by atoms with Crippen molar-refractivity contribution in [2.75, 3.05) is 0 Å². The lowest BCUT2D eigenvalue weighted by atomic mass is 10.2. The molecule has 0 fully saturated rings. The molecule has 3 N–H and O–H groups in total. The molecule has 0 unspecified atom stereocenters. The van der Waals surface area contributed by atoms with Crippen LogP contribution in [0.4, 0.5) is 5.69 Å². The van der Waals surface area contributed by atoms with Crippen LogP contribution < -0.4 is 5.73 Å². The zero-order chi connectivity index (χ0) is 16.4. The number of halogens is 1. The second-order valence-corrected chi connectivity index (χ2v) is 6.28. The number of fused-ring (bicyclic) bond motifs is 1. The molecule has 0 aliphatic heterocycles. The highest BCUT2D eigenvalue weighted by atomic mass is 79.9. The van der Waals surface area contributed by atoms with Gasteiger partial charge < -0.3 is 15.4 Å². The van der Waals surface area contributed by atoms with E-state index in [0.29, 0.717) is 12.2 Å². The van der Waals surface area contributed by atoms with Crippen LogP contribution in [0.25, 0.3) is 10.9 Å². The third kappa shape index (κ3) is 3.25. The van der Waals surface area contributed by atoms with Crippen molar-refractivity contribution in [2.45, 2.75) is 6.54 Å². The number of hydrogen-bond donors (Lipinski definition) is 2. The van der Waals surface area contributed by atoms with Gasteiger partial charge in [0.15, 0.2) is 5.69 Å². The van der Waals surface area contributed by atoms with Gasteiger partial charge in [0, 0.05) is 9.86 Å². The lowest BCUT2D eigenvalue weighted by molar-refractivity contribution is 0.429. The smallest absolute Gasteiger partial charge is 0.221 e. The summed E-state index contributed by atoms with van der Waals surface area (Å²) in [6.45, 7) is 0.521. The molecule has 0 atom stereocenters. The Labute approximate surface area is 146 Å². The molecule has 23 heavy (non-hydrogen) atoms. The average Bonchev–Trinajstić information content (AvgIpc) is 2.78.